The standard InChI is InChI=1S/C21H37NO2S/c1-2-3-4-5-6-7-8-9-10-11-12-13-14-15-16-17-18-19-20(23)22-21(24)25-19/h17-18,23H,2-16H2,1H3,(H,22,24)/b18-17+. The molecule has 0 atom stereocenters. The molecular weight excluding hydrogens is 330 g/mol. The molecule has 1 aromatic heterocycles. The first kappa shape index (κ1) is 22.0. The summed E-state index contributed by atoms with van der Waals surface area (Å²) in [7, 11) is 0. The highest BCUT2D eigenvalue weighted by molar-refractivity contribution is 7.10. The van der Waals surface area contributed by atoms with E-state index in [2.05, 4.69) is 18.0 Å². The molecule has 0 spiro atoms. The summed E-state index contributed by atoms with van der Waals surface area (Å²) >= 11 is 1.05. The van der Waals surface area contributed by atoms with Gasteiger partial charge in [0.05, 0.1) is 4.88 Å². The van der Waals surface area contributed by atoms with Crippen LogP contribution in [0.15, 0.2) is 10.9 Å². The second-order valence-corrected chi connectivity index (χ2v) is 8.03. The molecule has 0 aromatic carbocycles. The van der Waals surface area contributed by atoms with Gasteiger partial charge in [-0.3, -0.25) is 9.78 Å². The number of aromatic nitrogens is 1. The van der Waals surface area contributed by atoms with Crippen LogP contribution in [-0.2, 0) is 0 Å². The zero-order chi connectivity index (χ0) is 18.2. The number of aromatic amines is 1. The van der Waals surface area contributed by atoms with Crippen LogP contribution in [0, 0.1) is 0 Å². The number of thiazole rings is 1. The Kier molecular flexibility index (Phi) is 13.4. The molecule has 0 aliphatic carbocycles. The highest BCUT2D eigenvalue weighted by Gasteiger charge is 2.01. The third-order valence-electron chi connectivity index (χ3n) is 4.65. The lowest BCUT2D eigenvalue weighted by Crippen LogP contribution is -1.89. The van der Waals surface area contributed by atoms with E-state index in [0.717, 1.165) is 17.8 Å². The molecule has 1 aromatic rings. The Morgan fingerprint density at radius 2 is 1.32 bits per heavy atom. The number of hydrogen-bond donors (Lipinski definition) is 2. The molecule has 0 amide bonds. The van der Waals surface area contributed by atoms with Gasteiger partial charge in [-0.2, -0.15) is 0 Å². The number of hydrogen-bond acceptors (Lipinski definition) is 3. The topological polar surface area (TPSA) is 53.1 Å². The Bertz CT molecular complexity index is 504. The monoisotopic (exact) mass is 367 g/mol. The van der Waals surface area contributed by atoms with Crippen LogP contribution in [-0.4, -0.2) is 10.1 Å². The van der Waals surface area contributed by atoms with Gasteiger partial charge < -0.3 is 5.11 Å². The van der Waals surface area contributed by atoms with Gasteiger partial charge >= 0.3 is 4.87 Å². The van der Waals surface area contributed by atoms with Gasteiger partial charge in [-0.1, -0.05) is 108 Å². The summed E-state index contributed by atoms with van der Waals surface area (Å²) in [4.78, 5) is 13.9. The van der Waals surface area contributed by atoms with Crippen LogP contribution in [0.25, 0.3) is 6.08 Å². The first-order valence-corrected chi connectivity index (χ1v) is 11.1. The number of unbranched alkanes of at least 4 members (excludes halogenated alkanes) is 14. The fourth-order valence-electron chi connectivity index (χ4n) is 3.09. The minimum atomic E-state index is -0.200. The van der Waals surface area contributed by atoms with Crippen molar-refractivity contribution in [2.75, 3.05) is 0 Å². The van der Waals surface area contributed by atoms with Crippen LogP contribution < -0.4 is 4.87 Å². The van der Waals surface area contributed by atoms with Crippen LogP contribution >= 0.6 is 11.3 Å². The molecule has 0 saturated heterocycles. The largest absolute Gasteiger partial charge is 0.493 e. The van der Waals surface area contributed by atoms with Gasteiger partial charge in [0.2, 0.25) is 5.88 Å². The number of rotatable bonds is 16. The molecule has 0 fully saturated rings. The van der Waals surface area contributed by atoms with E-state index >= 15 is 0 Å². The van der Waals surface area contributed by atoms with Crippen LogP contribution in [0.3, 0.4) is 0 Å². The quantitative estimate of drug-likeness (QED) is 0.308. The molecule has 144 valence electrons. The first-order chi connectivity index (χ1) is 12.2. The molecule has 0 saturated carbocycles. The summed E-state index contributed by atoms with van der Waals surface area (Å²) in [5.74, 6) is -0.00721. The number of H-pyrrole nitrogens is 1. The van der Waals surface area contributed by atoms with E-state index in [9.17, 15) is 9.90 Å². The third-order valence-corrected chi connectivity index (χ3v) is 5.49. The Hall–Kier alpha value is -1.03. The number of allylic oxidation sites excluding steroid dienone is 1. The van der Waals surface area contributed by atoms with Gasteiger partial charge in [0.15, 0.2) is 0 Å². The predicted octanol–water partition coefficient (Wildman–Crippen LogP) is 7.03. The zero-order valence-electron chi connectivity index (χ0n) is 16.0. The Morgan fingerprint density at radius 3 is 1.76 bits per heavy atom. The summed E-state index contributed by atoms with van der Waals surface area (Å²) in [6.07, 6.45) is 24.2. The van der Waals surface area contributed by atoms with Crippen molar-refractivity contribution in [2.24, 2.45) is 0 Å². The zero-order valence-corrected chi connectivity index (χ0v) is 16.8. The summed E-state index contributed by atoms with van der Waals surface area (Å²) in [5, 5.41) is 9.46. The lowest BCUT2D eigenvalue weighted by atomic mass is 10.0. The molecule has 3 nitrogen and oxygen atoms in total. The highest BCUT2D eigenvalue weighted by Crippen LogP contribution is 2.18. The first-order valence-electron chi connectivity index (χ1n) is 10.3. The maximum Gasteiger partial charge on any atom is 0.307 e. The molecule has 4 heteroatoms. The molecular formula is C21H37NO2S. The average molecular weight is 368 g/mol. The van der Waals surface area contributed by atoms with Crippen molar-refractivity contribution in [3.63, 3.8) is 0 Å². The molecule has 1 rings (SSSR count). The molecule has 1 heterocycles. The van der Waals surface area contributed by atoms with Crippen molar-refractivity contribution >= 4 is 17.4 Å². The van der Waals surface area contributed by atoms with Gasteiger partial charge in [0.25, 0.3) is 0 Å². The van der Waals surface area contributed by atoms with Gasteiger partial charge in [-0.25, -0.2) is 0 Å². The van der Waals surface area contributed by atoms with E-state index in [4.69, 9.17) is 0 Å². The molecule has 25 heavy (non-hydrogen) atoms. The average Bonchev–Trinajstić information content (AvgIpc) is 2.92. The fraction of sp³-hybridized carbons (Fsp3) is 0.762. The van der Waals surface area contributed by atoms with E-state index in [-0.39, 0.29) is 10.8 Å². The second-order valence-electron chi connectivity index (χ2n) is 7.01. The van der Waals surface area contributed by atoms with E-state index in [1.165, 1.54) is 89.9 Å². The van der Waals surface area contributed by atoms with Gasteiger partial charge in [-0.05, 0) is 18.9 Å². The summed E-state index contributed by atoms with van der Waals surface area (Å²) in [5.41, 5.74) is 0. The maximum atomic E-state index is 11.1. The summed E-state index contributed by atoms with van der Waals surface area (Å²) in [6.45, 7) is 2.27. The number of nitrogens with one attached hydrogen (secondary N) is 1. The molecule has 2 N–H and O–H groups in total. The molecule has 0 bridgehead atoms. The second kappa shape index (κ2) is 15.2. The molecule has 0 aliphatic heterocycles. The molecule has 0 radical (unpaired) electrons. The van der Waals surface area contributed by atoms with Gasteiger partial charge in [0, 0.05) is 0 Å². The van der Waals surface area contributed by atoms with Crippen molar-refractivity contribution in [3.05, 3.63) is 20.6 Å². The normalized spacial score (nSPS) is 11.6. The molecule has 0 aliphatic rings. The lowest BCUT2D eigenvalue weighted by Gasteiger charge is -2.02. The Balaban J connectivity index is 1.82. The van der Waals surface area contributed by atoms with E-state index < -0.39 is 0 Å². The Labute approximate surface area is 157 Å². The van der Waals surface area contributed by atoms with Crippen molar-refractivity contribution in [3.8, 4) is 5.88 Å². The summed E-state index contributed by atoms with van der Waals surface area (Å²) in [6, 6.07) is 0. The van der Waals surface area contributed by atoms with Gasteiger partial charge in [-0.15, -0.1) is 0 Å². The smallest absolute Gasteiger partial charge is 0.307 e. The van der Waals surface area contributed by atoms with Crippen LogP contribution in [0.5, 0.6) is 5.88 Å². The Morgan fingerprint density at radius 1 is 0.840 bits per heavy atom. The minimum absolute atomic E-state index is 0.00721. The maximum absolute atomic E-state index is 11.1. The lowest BCUT2D eigenvalue weighted by molar-refractivity contribution is 0.455. The van der Waals surface area contributed by atoms with E-state index in [1.807, 2.05) is 6.08 Å². The van der Waals surface area contributed by atoms with Crippen LogP contribution in [0.1, 0.15) is 108 Å². The van der Waals surface area contributed by atoms with Crippen molar-refractivity contribution in [1.29, 1.82) is 0 Å². The van der Waals surface area contributed by atoms with Crippen molar-refractivity contribution < 1.29 is 5.11 Å². The van der Waals surface area contributed by atoms with E-state index in [0.29, 0.717) is 4.88 Å². The minimum Gasteiger partial charge on any atom is -0.493 e. The fourth-order valence-corrected chi connectivity index (χ4v) is 3.75. The highest BCUT2D eigenvalue weighted by atomic mass is 32.1. The molecule has 0 unspecified atom stereocenters. The third kappa shape index (κ3) is 12.0. The SMILES string of the molecule is CCCCCCCCCCCCCCCC/C=C/c1sc(=O)[nH]c1O. The van der Waals surface area contributed by atoms with Crippen molar-refractivity contribution in [2.45, 2.75) is 103 Å². The summed E-state index contributed by atoms with van der Waals surface area (Å²) < 4.78 is 0. The van der Waals surface area contributed by atoms with Gasteiger partial charge in [0.1, 0.15) is 0 Å². The van der Waals surface area contributed by atoms with Crippen LogP contribution in [0.4, 0.5) is 0 Å². The predicted molar refractivity (Wildman–Crippen MR) is 111 cm³/mol. The number of aromatic hydroxyl groups is 1. The van der Waals surface area contributed by atoms with E-state index in [1.54, 1.807) is 0 Å². The van der Waals surface area contributed by atoms with Crippen molar-refractivity contribution in [1.82, 2.24) is 4.98 Å². The van der Waals surface area contributed by atoms with Crippen LogP contribution in [0.2, 0.25) is 0 Å².